The molecular formula is C19H26N2O8. The fourth-order valence-corrected chi connectivity index (χ4v) is 3.66. The molecule has 2 aliphatic heterocycles. The van der Waals surface area contributed by atoms with E-state index in [4.69, 9.17) is 14.6 Å². The number of anilines is 1. The molecule has 29 heavy (non-hydrogen) atoms. The largest absolute Gasteiger partial charge is 0.495 e. The van der Waals surface area contributed by atoms with E-state index in [0.717, 1.165) is 5.56 Å². The lowest BCUT2D eigenvalue weighted by Gasteiger charge is -2.40. The van der Waals surface area contributed by atoms with Gasteiger partial charge in [-0.05, 0) is 24.6 Å². The van der Waals surface area contributed by atoms with Crippen LogP contribution in [0, 0.1) is 12.8 Å². The second-order valence-corrected chi connectivity index (χ2v) is 7.34. The predicted molar refractivity (Wildman–Crippen MR) is 100 cm³/mol. The summed E-state index contributed by atoms with van der Waals surface area (Å²) in [6, 6.07) is 4.10. The summed E-state index contributed by atoms with van der Waals surface area (Å²) in [7, 11) is 1.50. The van der Waals surface area contributed by atoms with Gasteiger partial charge in [0.1, 0.15) is 30.1 Å². The zero-order valence-corrected chi connectivity index (χ0v) is 16.2. The molecule has 160 valence electrons. The molecule has 0 saturated carbocycles. The number of hydrogen-bond acceptors (Lipinski definition) is 8. The smallest absolute Gasteiger partial charge is 0.227 e. The molecule has 0 spiro atoms. The number of carbonyl (C=O) groups is 2. The molecule has 5 N–H and O–H groups in total. The number of aryl methyl sites for hydroxylation is 1. The summed E-state index contributed by atoms with van der Waals surface area (Å²) in [5, 5.41) is 41.7. The lowest BCUT2D eigenvalue weighted by molar-refractivity contribution is -0.254. The van der Waals surface area contributed by atoms with Crippen LogP contribution in [0.2, 0.25) is 0 Å². The van der Waals surface area contributed by atoms with Crippen LogP contribution in [0.3, 0.4) is 0 Å². The standard InChI is InChI=1S/C19H26N2O8/c1-9-3-4-12(28-2)11(5-9)21-7-10(6-14(21)23)18(26)20-15-17(25)16(24)13(8-22)29-19(15)27/h3-5,10,13,15-17,19,22,24-25,27H,6-8H2,1-2H3,(H,20,26)/t10?,13-,15?,16?,17-,19?/m1/s1. The Morgan fingerprint density at radius 1 is 1.31 bits per heavy atom. The summed E-state index contributed by atoms with van der Waals surface area (Å²) < 4.78 is 10.3. The maximum absolute atomic E-state index is 12.7. The third-order valence-electron chi connectivity index (χ3n) is 5.33. The molecule has 2 amide bonds. The van der Waals surface area contributed by atoms with Crippen LogP contribution in [-0.4, -0.2) is 83.1 Å². The number of rotatable bonds is 5. The first-order valence-corrected chi connectivity index (χ1v) is 9.32. The molecule has 1 aromatic rings. The van der Waals surface area contributed by atoms with E-state index in [1.54, 1.807) is 12.1 Å². The Kier molecular flexibility index (Phi) is 6.39. The second kappa shape index (κ2) is 8.64. The minimum atomic E-state index is -1.61. The van der Waals surface area contributed by atoms with Crippen molar-refractivity contribution < 1.29 is 39.5 Å². The van der Waals surface area contributed by atoms with Crippen molar-refractivity contribution in [3.8, 4) is 5.75 Å². The van der Waals surface area contributed by atoms with Crippen LogP contribution in [0.5, 0.6) is 5.75 Å². The first-order valence-electron chi connectivity index (χ1n) is 9.32. The highest BCUT2D eigenvalue weighted by molar-refractivity contribution is 6.01. The molecule has 2 heterocycles. The molecule has 0 radical (unpaired) electrons. The molecule has 0 aromatic heterocycles. The Morgan fingerprint density at radius 3 is 2.69 bits per heavy atom. The van der Waals surface area contributed by atoms with Gasteiger partial charge >= 0.3 is 0 Å². The Labute approximate surface area is 167 Å². The number of nitrogens with one attached hydrogen (secondary N) is 1. The van der Waals surface area contributed by atoms with Crippen LogP contribution in [0.1, 0.15) is 12.0 Å². The van der Waals surface area contributed by atoms with Crippen LogP contribution in [0.15, 0.2) is 18.2 Å². The molecule has 0 bridgehead atoms. The highest BCUT2D eigenvalue weighted by Crippen LogP contribution is 2.34. The van der Waals surface area contributed by atoms with Crippen molar-refractivity contribution >= 4 is 17.5 Å². The molecule has 3 rings (SSSR count). The Morgan fingerprint density at radius 2 is 2.03 bits per heavy atom. The number of benzene rings is 1. The summed E-state index contributed by atoms with van der Waals surface area (Å²) in [6.45, 7) is 1.39. The quantitative estimate of drug-likeness (QED) is 0.385. The van der Waals surface area contributed by atoms with Crippen molar-refractivity contribution in [1.29, 1.82) is 0 Å². The van der Waals surface area contributed by atoms with Gasteiger partial charge in [-0.3, -0.25) is 9.59 Å². The van der Waals surface area contributed by atoms with Crippen molar-refractivity contribution in [3.05, 3.63) is 23.8 Å². The van der Waals surface area contributed by atoms with Crippen LogP contribution in [0.4, 0.5) is 5.69 Å². The van der Waals surface area contributed by atoms with E-state index in [2.05, 4.69) is 5.32 Å². The molecule has 10 heteroatoms. The van der Waals surface area contributed by atoms with E-state index in [0.29, 0.717) is 11.4 Å². The number of carbonyl (C=O) groups excluding carboxylic acids is 2. The Bertz CT molecular complexity index is 773. The maximum Gasteiger partial charge on any atom is 0.227 e. The SMILES string of the molecule is COc1ccc(C)cc1N1CC(C(=O)NC2C(O)O[C@H](CO)C(O)[C@@H]2O)CC1=O. The average molecular weight is 410 g/mol. The van der Waals surface area contributed by atoms with Gasteiger partial charge in [0.25, 0.3) is 0 Å². The van der Waals surface area contributed by atoms with Crippen molar-refractivity contribution in [2.75, 3.05) is 25.2 Å². The lowest BCUT2D eigenvalue weighted by Crippen LogP contribution is -2.64. The molecule has 2 fully saturated rings. The van der Waals surface area contributed by atoms with Crippen molar-refractivity contribution in [1.82, 2.24) is 5.32 Å². The van der Waals surface area contributed by atoms with Crippen LogP contribution < -0.4 is 15.0 Å². The maximum atomic E-state index is 12.7. The van der Waals surface area contributed by atoms with Gasteiger partial charge in [0.05, 0.1) is 25.3 Å². The van der Waals surface area contributed by atoms with Crippen LogP contribution in [0.25, 0.3) is 0 Å². The summed E-state index contributed by atoms with van der Waals surface area (Å²) in [4.78, 5) is 26.7. The van der Waals surface area contributed by atoms with Gasteiger partial charge in [0, 0.05) is 13.0 Å². The van der Waals surface area contributed by atoms with E-state index < -0.39 is 49.1 Å². The fourth-order valence-electron chi connectivity index (χ4n) is 3.66. The number of hydrogen-bond donors (Lipinski definition) is 5. The third kappa shape index (κ3) is 4.21. The van der Waals surface area contributed by atoms with Crippen molar-refractivity contribution in [3.63, 3.8) is 0 Å². The van der Waals surface area contributed by atoms with Crippen LogP contribution in [-0.2, 0) is 14.3 Å². The minimum absolute atomic E-state index is 0.0511. The van der Waals surface area contributed by atoms with E-state index >= 15 is 0 Å². The zero-order chi connectivity index (χ0) is 21.3. The average Bonchev–Trinajstić information content (AvgIpc) is 3.09. The Hall–Kier alpha value is -2.24. The molecule has 6 atom stereocenters. The second-order valence-electron chi connectivity index (χ2n) is 7.34. The topological polar surface area (TPSA) is 149 Å². The lowest BCUT2D eigenvalue weighted by atomic mass is 9.96. The number of methoxy groups -OCH3 is 1. The van der Waals surface area contributed by atoms with Gasteiger partial charge in [-0.1, -0.05) is 6.07 Å². The van der Waals surface area contributed by atoms with Gasteiger partial charge in [-0.2, -0.15) is 0 Å². The van der Waals surface area contributed by atoms with E-state index in [1.807, 2.05) is 13.0 Å². The van der Waals surface area contributed by atoms with Gasteiger partial charge in [-0.15, -0.1) is 0 Å². The van der Waals surface area contributed by atoms with E-state index in [1.165, 1.54) is 12.0 Å². The molecule has 1 aromatic carbocycles. The molecule has 2 aliphatic rings. The summed E-state index contributed by atoms with van der Waals surface area (Å²) in [5.41, 5.74) is 1.50. The fraction of sp³-hybridized carbons (Fsp3) is 0.579. The number of aliphatic hydroxyl groups is 4. The zero-order valence-electron chi connectivity index (χ0n) is 16.2. The van der Waals surface area contributed by atoms with Gasteiger partial charge in [0.15, 0.2) is 6.29 Å². The van der Waals surface area contributed by atoms with E-state index in [-0.39, 0.29) is 18.9 Å². The molecule has 4 unspecified atom stereocenters. The van der Waals surface area contributed by atoms with Crippen molar-refractivity contribution in [2.45, 2.75) is 44.0 Å². The van der Waals surface area contributed by atoms with E-state index in [9.17, 15) is 24.9 Å². The van der Waals surface area contributed by atoms with Gasteiger partial charge < -0.3 is 40.1 Å². The Balaban J connectivity index is 1.70. The van der Waals surface area contributed by atoms with Gasteiger partial charge in [-0.25, -0.2) is 0 Å². The highest BCUT2D eigenvalue weighted by atomic mass is 16.6. The monoisotopic (exact) mass is 410 g/mol. The number of aliphatic hydroxyl groups excluding tert-OH is 4. The molecule has 10 nitrogen and oxygen atoms in total. The minimum Gasteiger partial charge on any atom is -0.495 e. The summed E-state index contributed by atoms with van der Waals surface area (Å²) in [6.07, 6.45) is -5.84. The molecular weight excluding hydrogens is 384 g/mol. The summed E-state index contributed by atoms with van der Waals surface area (Å²) in [5.74, 6) is -1.03. The van der Waals surface area contributed by atoms with Crippen molar-refractivity contribution in [2.24, 2.45) is 5.92 Å². The first-order chi connectivity index (χ1) is 13.8. The number of nitrogens with zero attached hydrogens (tertiary/aromatic N) is 1. The highest BCUT2D eigenvalue weighted by Gasteiger charge is 2.46. The van der Waals surface area contributed by atoms with Crippen LogP contribution >= 0.6 is 0 Å². The predicted octanol–water partition coefficient (Wildman–Crippen LogP) is -1.73. The molecule has 0 aliphatic carbocycles. The summed E-state index contributed by atoms with van der Waals surface area (Å²) >= 11 is 0. The number of amides is 2. The third-order valence-corrected chi connectivity index (χ3v) is 5.33. The normalized spacial score (nSPS) is 32.3. The first kappa shape index (κ1) is 21.5. The number of ether oxygens (including phenoxy) is 2. The molecule has 2 saturated heterocycles. The van der Waals surface area contributed by atoms with Gasteiger partial charge in [0.2, 0.25) is 11.8 Å².